The lowest BCUT2D eigenvalue weighted by Crippen LogP contribution is -2.37. The minimum Gasteiger partial charge on any atom is -0.458 e. The molecule has 1 amide bonds. The van der Waals surface area contributed by atoms with E-state index in [9.17, 15) is 13.2 Å². The number of nitrogens with one attached hydrogen (secondary N) is 1. The highest BCUT2D eigenvalue weighted by Gasteiger charge is 2.30. The Bertz CT molecular complexity index is 906. The zero-order valence-corrected chi connectivity index (χ0v) is 13.3. The molecule has 24 heavy (non-hydrogen) atoms. The Morgan fingerprint density at radius 3 is 2.17 bits per heavy atom. The van der Waals surface area contributed by atoms with E-state index in [0.29, 0.717) is 17.0 Å². The van der Waals surface area contributed by atoms with Gasteiger partial charge in [-0.15, -0.1) is 0 Å². The number of rotatable bonds is 4. The maximum absolute atomic E-state index is 11.5. The van der Waals surface area contributed by atoms with Crippen LogP contribution >= 0.6 is 0 Å². The van der Waals surface area contributed by atoms with E-state index in [1.54, 1.807) is 12.1 Å². The van der Waals surface area contributed by atoms with Gasteiger partial charge in [0.05, 0.1) is 10.6 Å². The SMILES string of the molecule is NC(=O)C1NC(c2ccccc2)=C(c2ccc(S(N)(=O)=O)cc2)O1. The van der Waals surface area contributed by atoms with E-state index < -0.39 is 22.2 Å². The Balaban J connectivity index is 2.05. The van der Waals surface area contributed by atoms with Gasteiger partial charge in [-0.3, -0.25) is 4.79 Å². The summed E-state index contributed by atoms with van der Waals surface area (Å²) in [5, 5.41) is 8.04. The normalized spacial score (nSPS) is 17.3. The molecule has 124 valence electrons. The Kier molecular flexibility index (Phi) is 4.00. The number of hydrogen-bond acceptors (Lipinski definition) is 5. The van der Waals surface area contributed by atoms with Gasteiger partial charge in [-0.1, -0.05) is 30.3 Å². The first kappa shape index (κ1) is 16.0. The number of hydrogen-bond donors (Lipinski definition) is 3. The highest BCUT2D eigenvalue weighted by molar-refractivity contribution is 7.89. The maximum atomic E-state index is 11.5. The van der Waals surface area contributed by atoms with Gasteiger partial charge in [0.15, 0.2) is 5.76 Å². The third-order valence-corrected chi connectivity index (χ3v) is 4.43. The lowest BCUT2D eigenvalue weighted by atomic mass is 10.1. The molecule has 1 unspecified atom stereocenters. The highest BCUT2D eigenvalue weighted by Crippen LogP contribution is 2.32. The zero-order chi connectivity index (χ0) is 17.3. The summed E-state index contributed by atoms with van der Waals surface area (Å²) in [6, 6.07) is 15.1. The first-order valence-electron chi connectivity index (χ1n) is 7.02. The molecule has 0 radical (unpaired) electrons. The van der Waals surface area contributed by atoms with Crippen LogP contribution in [0, 0.1) is 0 Å². The van der Waals surface area contributed by atoms with Crippen molar-refractivity contribution in [2.45, 2.75) is 11.1 Å². The van der Waals surface area contributed by atoms with Gasteiger partial charge in [0, 0.05) is 11.1 Å². The van der Waals surface area contributed by atoms with Crippen LogP contribution in [0.15, 0.2) is 59.5 Å². The molecular formula is C16H15N3O4S. The monoisotopic (exact) mass is 345 g/mol. The molecule has 1 aliphatic heterocycles. The lowest BCUT2D eigenvalue weighted by molar-refractivity contribution is -0.125. The molecule has 0 aliphatic carbocycles. The van der Waals surface area contributed by atoms with Crippen LogP contribution in [0.5, 0.6) is 0 Å². The largest absolute Gasteiger partial charge is 0.458 e. The number of benzene rings is 2. The summed E-state index contributed by atoms with van der Waals surface area (Å²) in [4.78, 5) is 11.4. The van der Waals surface area contributed by atoms with Crippen molar-refractivity contribution in [3.8, 4) is 0 Å². The summed E-state index contributed by atoms with van der Waals surface area (Å²) in [7, 11) is -3.78. The van der Waals surface area contributed by atoms with Gasteiger partial charge < -0.3 is 15.8 Å². The molecule has 1 atom stereocenters. The fourth-order valence-electron chi connectivity index (χ4n) is 2.36. The molecule has 7 nitrogen and oxygen atoms in total. The molecule has 0 saturated heterocycles. The number of nitrogens with two attached hydrogens (primary N) is 2. The van der Waals surface area contributed by atoms with Crippen LogP contribution in [0.1, 0.15) is 11.1 Å². The Hall–Kier alpha value is -2.84. The summed E-state index contributed by atoms with van der Waals surface area (Å²) in [6.45, 7) is 0. The molecular weight excluding hydrogens is 330 g/mol. The fourth-order valence-corrected chi connectivity index (χ4v) is 2.88. The number of primary amides is 1. The minimum absolute atomic E-state index is 0.00878. The van der Waals surface area contributed by atoms with Crippen LogP contribution < -0.4 is 16.2 Å². The predicted octanol–water partition coefficient (Wildman–Crippen LogP) is 0.591. The molecule has 0 fully saturated rings. The first-order valence-corrected chi connectivity index (χ1v) is 8.56. The molecule has 0 aromatic heterocycles. The summed E-state index contributed by atoms with van der Waals surface area (Å²) in [5.41, 5.74) is 7.32. The van der Waals surface area contributed by atoms with Crippen LogP contribution in [0.4, 0.5) is 0 Å². The maximum Gasteiger partial charge on any atom is 0.279 e. The van der Waals surface area contributed by atoms with E-state index in [-0.39, 0.29) is 4.90 Å². The second kappa shape index (κ2) is 5.99. The average molecular weight is 345 g/mol. The molecule has 1 heterocycles. The number of ether oxygens (including phenoxy) is 1. The second-order valence-electron chi connectivity index (χ2n) is 5.18. The van der Waals surface area contributed by atoms with Gasteiger partial charge in [-0.05, 0) is 24.3 Å². The van der Waals surface area contributed by atoms with E-state index in [1.807, 2.05) is 30.3 Å². The molecule has 0 saturated carbocycles. The van der Waals surface area contributed by atoms with Crippen molar-refractivity contribution in [2.24, 2.45) is 10.9 Å². The van der Waals surface area contributed by atoms with E-state index in [0.717, 1.165) is 5.56 Å². The Morgan fingerprint density at radius 1 is 1.00 bits per heavy atom. The van der Waals surface area contributed by atoms with E-state index >= 15 is 0 Å². The quantitative estimate of drug-likeness (QED) is 0.748. The average Bonchev–Trinajstić information content (AvgIpc) is 3.00. The fraction of sp³-hybridized carbons (Fsp3) is 0.0625. The van der Waals surface area contributed by atoms with Crippen LogP contribution in [-0.2, 0) is 19.6 Å². The third-order valence-electron chi connectivity index (χ3n) is 3.50. The van der Waals surface area contributed by atoms with Crippen molar-refractivity contribution in [2.75, 3.05) is 0 Å². The summed E-state index contributed by atoms with van der Waals surface area (Å²) < 4.78 is 28.3. The smallest absolute Gasteiger partial charge is 0.279 e. The number of primary sulfonamides is 1. The molecule has 1 aliphatic rings. The predicted molar refractivity (Wildman–Crippen MR) is 88.3 cm³/mol. The molecule has 2 aromatic rings. The van der Waals surface area contributed by atoms with Crippen LogP contribution in [-0.4, -0.2) is 20.6 Å². The van der Waals surface area contributed by atoms with Crippen LogP contribution in [0.25, 0.3) is 11.5 Å². The van der Waals surface area contributed by atoms with Gasteiger partial charge >= 0.3 is 0 Å². The molecule has 0 bridgehead atoms. The number of carbonyl (C=O) groups excluding carboxylic acids is 1. The minimum atomic E-state index is -3.78. The molecule has 2 aromatic carbocycles. The molecule has 8 heteroatoms. The van der Waals surface area contributed by atoms with Crippen LogP contribution in [0.3, 0.4) is 0 Å². The van der Waals surface area contributed by atoms with Crippen LogP contribution in [0.2, 0.25) is 0 Å². The number of sulfonamides is 1. The highest BCUT2D eigenvalue weighted by atomic mass is 32.2. The molecule has 3 rings (SSSR count). The van der Waals surface area contributed by atoms with E-state index in [4.69, 9.17) is 15.6 Å². The van der Waals surface area contributed by atoms with Gasteiger partial charge in [0.25, 0.3) is 5.91 Å². The third kappa shape index (κ3) is 3.10. The number of carbonyl (C=O) groups is 1. The van der Waals surface area contributed by atoms with Crippen molar-refractivity contribution in [1.29, 1.82) is 0 Å². The zero-order valence-electron chi connectivity index (χ0n) is 12.5. The van der Waals surface area contributed by atoms with Crippen molar-refractivity contribution in [3.05, 3.63) is 65.7 Å². The summed E-state index contributed by atoms with van der Waals surface area (Å²) in [6.07, 6.45) is -0.992. The summed E-state index contributed by atoms with van der Waals surface area (Å²) >= 11 is 0. The summed E-state index contributed by atoms with van der Waals surface area (Å²) in [5.74, 6) is -0.245. The van der Waals surface area contributed by atoms with Crippen molar-refractivity contribution < 1.29 is 17.9 Å². The van der Waals surface area contributed by atoms with Gasteiger partial charge in [-0.25, -0.2) is 13.6 Å². The van der Waals surface area contributed by atoms with E-state index in [2.05, 4.69) is 5.32 Å². The van der Waals surface area contributed by atoms with Crippen molar-refractivity contribution in [1.82, 2.24) is 5.32 Å². The standard InChI is InChI=1S/C16H15N3O4S/c17-15(20)16-19-13(10-4-2-1-3-5-10)14(23-16)11-6-8-12(9-7-11)24(18,21)22/h1-9,16,19H,(H2,17,20)(H2,18,21,22). The topological polar surface area (TPSA) is 125 Å². The Labute approximate surface area is 139 Å². The van der Waals surface area contributed by atoms with Gasteiger partial charge in [-0.2, -0.15) is 0 Å². The first-order chi connectivity index (χ1) is 11.4. The lowest BCUT2D eigenvalue weighted by Gasteiger charge is -2.09. The van der Waals surface area contributed by atoms with Crippen molar-refractivity contribution in [3.63, 3.8) is 0 Å². The molecule has 5 N–H and O–H groups in total. The van der Waals surface area contributed by atoms with Gasteiger partial charge in [0.2, 0.25) is 16.3 Å². The Morgan fingerprint density at radius 2 is 1.62 bits per heavy atom. The van der Waals surface area contributed by atoms with E-state index in [1.165, 1.54) is 12.1 Å². The van der Waals surface area contributed by atoms with Crippen molar-refractivity contribution >= 4 is 27.4 Å². The molecule has 0 spiro atoms. The second-order valence-corrected chi connectivity index (χ2v) is 6.75. The van der Waals surface area contributed by atoms with Gasteiger partial charge in [0.1, 0.15) is 0 Å². The number of amides is 1.